The number of thioether (sulfide) groups is 1. The lowest BCUT2D eigenvalue weighted by Gasteiger charge is -2.21. The summed E-state index contributed by atoms with van der Waals surface area (Å²) in [5.74, 6) is 0.00320. The SMILES string of the molecule is CCC(C)N1C(=O)CC(Sc2nccnc2N)C1=O. The number of carbonyl (C=O) groups is 2. The van der Waals surface area contributed by atoms with Gasteiger partial charge < -0.3 is 5.73 Å². The Hall–Kier alpha value is -1.63. The molecule has 19 heavy (non-hydrogen) atoms. The zero-order valence-electron chi connectivity index (χ0n) is 10.9. The Morgan fingerprint density at radius 2 is 2.16 bits per heavy atom. The van der Waals surface area contributed by atoms with Crippen LogP contribution in [0.2, 0.25) is 0 Å². The molecular weight excluding hydrogens is 264 g/mol. The summed E-state index contributed by atoms with van der Waals surface area (Å²) in [6.07, 6.45) is 3.96. The van der Waals surface area contributed by atoms with Crippen molar-refractivity contribution < 1.29 is 9.59 Å². The molecule has 2 rings (SSSR count). The molecule has 0 spiro atoms. The first-order chi connectivity index (χ1) is 9.04. The Morgan fingerprint density at radius 3 is 2.79 bits per heavy atom. The second kappa shape index (κ2) is 5.56. The fourth-order valence-electron chi connectivity index (χ4n) is 1.92. The van der Waals surface area contributed by atoms with Crippen molar-refractivity contribution >= 4 is 29.4 Å². The van der Waals surface area contributed by atoms with E-state index >= 15 is 0 Å². The third-order valence-corrected chi connectivity index (χ3v) is 4.31. The van der Waals surface area contributed by atoms with Crippen molar-refractivity contribution in [1.82, 2.24) is 14.9 Å². The summed E-state index contributed by atoms with van der Waals surface area (Å²) in [6.45, 7) is 3.83. The predicted octanol–water partition coefficient (Wildman–Crippen LogP) is 1.08. The van der Waals surface area contributed by atoms with Gasteiger partial charge in [-0.15, -0.1) is 0 Å². The van der Waals surface area contributed by atoms with Gasteiger partial charge in [0.15, 0.2) is 5.82 Å². The molecule has 1 aliphatic rings. The van der Waals surface area contributed by atoms with Crippen LogP contribution in [0.1, 0.15) is 26.7 Å². The highest BCUT2D eigenvalue weighted by Gasteiger charge is 2.41. The maximum atomic E-state index is 12.2. The van der Waals surface area contributed by atoms with Crippen LogP contribution in [0.5, 0.6) is 0 Å². The average Bonchev–Trinajstić information content (AvgIpc) is 2.66. The van der Waals surface area contributed by atoms with Gasteiger partial charge >= 0.3 is 0 Å². The van der Waals surface area contributed by atoms with Crippen LogP contribution < -0.4 is 5.73 Å². The zero-order chi connectivity index (χ0) is 14.0. The van der Waals surface area contributed by atoms with E-state index < -0.39 is 5.25 Å². The van der Waals surface area contributed by atoms with Gasteiger partial charge in [0.2, 0.25) is 11.8 Å². The summed E-state index contributed by atoms with van der Waals surface area (Å²) < 4.78 is 0. The van der Waals surface area contributed by atoms with E-state index in [1.54, 1.807) is 0 Å². The van der Waals surface area contributed by atoms with Crippen LogP contribution in [0.4, 0.5) is 5.82 Å². The van der Waals surface area contributed by atoms with Crippen molar-refractivity contribution in [3.8, 4) is 0 Å². The molecule has 1 aromatic rings. The summed E-state index contributed by atoms with van der Waals surface area (Å²) in [5, 5.41) is 0.0557. The fourth-order valence-corrected chi connectivity index (χ4v) is 2.93. The number of nitrogens with two attached hydrogens (primary N) is 1. The van der Waals surface area contributed by atoms with E-state index in [2.05, 4.69) is 9.97 Å². The topological polar surface area (TPSA) is 89.2 Å². The summed E-state index contributed by atoms with van der Waals surface area (Å²) in [5.41, 5.74) is 5.70. The minimum Gasteiger partial charge on any atom is -0.381 e. The number of hydrogen-bond donors (Lipinski definition) is 1. The molecule has 2 unspecified atom stereocenters. The van der Waals surface area contributed by atoms with Gasteiger partial charge in [-0.2, -0.15) is 0 Å². The summed E-state index contributed by atoms with van der Waals surface area (Å²) in [4.78, 5) is 33.5. The van der Waals surface area contributed by atoms with Crippen LogP contribution in [0.15, 0.2) is 17.4 Å². The molecule has 0 saturated carbocycles. The lowest BCUT2D eigenvalue weighted by molar-refractivity contribution is -0.140. The molecule has 7 heteroatoms. The molecule has 0 bridgehead atoms. The Balaban J connectivity index is 2.14. The molecule has 2 amide bonds. The minimum atomic E-state index is -0.444. The quantitative estimate of drug-likeness (QED) is 0.830. The number of aromatic nitrogens is 2. The first-order valence-electron chi connectivity index (χ1n) is 6.13. The van der Waals surface area contributed by atoms with E-state index in [4.69, 9.17) is 5.73 Å². The molecule has 2 heterocycles. The van der Waals surface area contributed by atoms with Crippen molar-refractivity contribution in [2.45, 2.75) is 43.0 Å². The maximum Gasteiger partial charge on any atom is 0.243 e. The molecule has 1 saturated heterocycles. The number of rotatable bonds is 4. The van der Waals surface area contributed by atoms with Crippen molar-refractivity contribution in [1.29, 1.82) is 0 Å². The number of amides is 2. The third-order valence-electron chi connectivity index (χ3n) is 3.12. The van der Waals surface area contributed by atoms with Crippen LogP contribution in [-0.4, -0.2) is 38.0 Å². The lowest BCUT2D eigenvalue weighted by Crippen LogP contribution is -2.38. The summed E-state index contributed by atoms with van der Waals surface area (Å²) in [6, 6.07) is -0.0650. The van der Waals surface area contributed by atoms with Crippen LogP contribution in [0.3, 0.4) is 0 Å². The van der Waals surface area contributed by atoms with Crippen LogP contribution in [0.25, 0.3) is 0 Å². The van der Waals surface area contributed by atoms with Crippen molar-refractivity contribution in [2.24, 2.45) is 0 Å². The van der Waals surface area contributed by atoms with Gasteiger partial charge in [-0.1, -0.05) is 18.7 Å². The maximum absolute atomic E-state index is 12.2. The smallest absolute Gasteiger partial charge is 0.243 e. The van der Waals surface area contributed by atoms with Gasteiger partial charge in [0, 0.05) is 24.9 Å². The molecule has 0 aromatic carbocycles. The standard InChI is InChI=1S/C12H16N4O2S/c1-3-7(2)16-9(17)6-8(12(16)18)19-11-10(13)14-4-5-15-11/h4-5,7-8H,3,6H2,1-2H3,(H2,13,14). The third kappa shape index (κ3) is 2.70. The van der Waals surface area contributed by atoms with E-state index in [1.165, 1.54) is 29.1 Å². The van der Waals surface area contributed by atoms with E-state index in [1.807, 2.05) is 13.8 Å². The minimum absolute atomic E-state index is 0.0650. The lowest BCUT2D eigenvalue weighted by atomic mass is 10.2. The van der Waals surface area contributed by atoms with Crippen LogP contribution in [-0.2, 0) is 9.59 Å². The molecule has 1 aromatic heterocycles. The second-order valence-corrected chi connectivity index (χ2v) is 5.61. The molecule has 2 atom stereocenters. The van der Waals surface area contributed by atoms with Gasteiger partial charge in [0.1, 0.15) is 5.03 Å². The van der Waals surface area contributed by atoms with Gasteiger partial charge in [-0.25, -0.2) is 9.97 Å². The normalized spacial score (nSPS) is 20.9. The number of nitrogen functional groups attached to an aromatic ring is 1. The summed E-state index contributed by atoms with van der Waals surface area (Å²) >= 11 is 1.21. The second-order valence-electron chi connectivity index (χ2n) is 4.42. The number of hydrogen-bond acceptors (Lipinski definition) is 6. The van der Waals surface area contributed by atoms with Gasteiger partial charge in [-0.3, -0.25) is 14.5 Å². The largest absolute Gasteiger partial charge is 0.381 e. The monoisotopic (exact) mass is 280 g/mol. The Kier molecular flexibility index (Phi) is 4.04. The number of likely N-dealkylation sites (tertiary alicyclic amines) is 1. The van der Waals surface area contributed by atoms with Gasteiger partial charge in [-0.05, 0) is 13.3 Å². The molecule has 0 radical (unpaired) electrons. The van der Waals surface area contributed by atoms with E-state index in [9.17, 15) is 9.59 Å². The Morgan fingerprint density at radius 1 is 1.47 bits per heavy atom. The van der Waals surface area contributed by atoms with E-state index in [0.29, 0.717) is 5.03 Å². The highest BCUT2D eigenvalue weighted by atomic mass is 32.2. The van der Waals surface area contributed by atoms with Crippen molar-refractivity contribution in [3.05, 3.63) is 12.4 Å². The average molecular weight is 280 g/mol. The molecule has 102 valence electrons. The molecular formula is C12H16N4O2S. The van der Waals surface area contributed by atoms with Crippen molar-refractivity contribution in [3.63, 3.8) is 0 Å². The number of anilines is 1. The zero-order valence-corrected chi connectivity index (χ0v) is 11.7. The number of imide groups is 1. The van der Waals surface area contributed by atoms with Crippen LogP contribution in [0, 0.1) is 0 Å². The number of nitrogens with zero attached hydrogens (tertiary/aromatic N) is 3. The predicted molar refractivity (Wildman–Crippen MR) is 72.3 cm³/mol. The van der Waals surface area contributed by atoms with Gasteiger partial charge in [0.25, 0.3) is 0 Å². The molecule has 6 nitrogen and oxygen atoms in total. The first kappa shape index (κ1) is 13.8. The van der Waals surface area contributed by atoms with Crippen molar-refractivity contribution in [2.75, 3.05) is 5.73 Å². The molecule has 1 fully saturated rings. The number of carbonyl (C=O) groups excluding carboxylic acids is 2. The van der Waals surface area contributed by atoms with E-state index in [0.717, 1.165) is 6.42 Å². The highest BCUT2D eigenvalue weighted by molar-refractivity contribution is 8.00. The highest BCUT2D eigenvalue weighted by Crippen LogP contribution is 2.33. The van der Waals surface area contributed by atoms with E-state index in [-0.39, 0.29) is 30.1 Å². The van der Waals surface area contributed by atoms with Gasteiger partial charge in [0.05, 0.1) is 5.25 Å². The first-order valence-corrected chi connectivity index (χ1v) is 7.01. The fraction of sp³-hybridized carbons (Fsp3) is 0.500. The molecule has 2 N–H and O–H groups in total. The molecule has 0 aliphatic carbocycles. The van der Waals surface area contributed by atoms with Crippen LogP contribution >= 0.6 is 11.8 Å². The molecule has 1 aliphatic heterocycles. The Bertz CT molecular complexity index is 508. The Labute approximate surface area is 115 Å². The summed E-state index contributed by atoms with van der Waals surface area (Å²) in [7, 11) is 0.